The first kappa shape index (κ1) is 24.9. The molecule has 0 saturated heterocycles. The highest BCUT2D eigenvalue weighted by molar-refractivity contribution is 7.67. The van der Waals surface area contributed by atoms with Gasteiger partial charge in [0, 0.05) is 11.1 Å². The predicted octanol–water partition coefficient (Wildman–Crippen LogP) is 10.2. The van der Waals surface area contributed by atoms with E-state index in [1.165, 1.54) is 89.6 Å². The molecule has 2 saturated carbocycles. The maximum absolute atomic E-state index is 6.73. The molecule has 2 fully saturated rings. The lowest BCUT2D eigenvalue weighted by atomic mass is 9.93. The molecule has 2 aliphatic rings. The Bertz CT molecular complexity index is 1560. The Kier molecular flexibility index (Phi) is 7.11. The van der Waals surface area contributed by atoms with Gasteiger partial charge in [-0.05, 0) is 75.5 Å². The zero-order chi connectivity index (χ0) is 26.0. The molecule has 0 amide bonds. The van der Waals surface area contributed by atoms with E-state index in [0.29, 0.717) is 6.61 Å². The van der Waals surface area contributed by atoms with Crippen LogP contribution in [0.25, 0.3) is 32.7 Å². The average molecular weight is 529 g/mol. The fourth-order valence-corrected chi connectivity index (χ4v) is 11.1. The van der Waals surface area contributed by atoms with Crippen molar-refractivity contribution >= 4 is 34.8 Å². The second-order valence-electron chi connectivity index (χ2n) is 11.4. The number of hydrogen-bond donors (Lipinski definition) is 0. The van der Waals surface area contributed by atoms with Gasteiger partial charge in [0.1, 0.15) is 12.4 Å². The van der Waals surface area contributed by atoms with E-state index in [1.807, 2.05) is 0 Å². The van der Waals surface area contributed by atoms with Crippen LogP contribution in [0.2, 0.25) is 0 Å². The third-order valence-electron chi connectivity index (χ3n) is 9.00. The van der Waals surface area contributed by atoms with Gasteiger partial charge in [0.15, 0.2) is 0 Å². The molecule has 0 aliphatic heterocycles. The van der Waals surface area contributed by atoms with Gasteiger partial charge in [-0.15, -0.1) is 0 Å². The van der Waals surface area contributed by atoms with E-state index in [9.17, 15) is 0 Å². The van der Waals surface area contributed by atoms with Gasteiger partial charge in [0.05, 0.1) is 0 Å². The smallest absolute Gasteiger partial charge is 0.128 e. The SMILES string of the molecule is c1ccc(COc2ccc3ccccc3c2-c2c(P(C3CCCC3)C3CCCC3)ccc3ccccc23)cc1. The molecule has 0 heterocycles. The molecule has 0 aromatic heterocycles. The fourth-order valence-electron chi connectivity index (χ4n) is 7.16. The number of benzene rings is 5. The summed E-state index contributed by atoms with van der Waals surface area (Å²) in [6, 6.07) is 37.9. The van der Waals surface area contributed by atoms with Crippen LogP contribution >= 0.6 is 7.92 Å². The molecule has 7 rings (SSSR count). The molecule has 0 N–H and O–H groups in total. The monoisotopic (exact) mass is 528 g/mol. The Hall–Kier alpha value is -3.15. The van der Waals surface area contributed by atoms with Gasteiger partial charge in [-0.1, -0.05) is 131 Å². The molecule has 39 heavy (non-hydrogen) atoms. The van der Waals surface area contributed by atoms with Crippen molar-refractivity contribution in [3.63, 3.8) is 0 Å². The van der Waals surface area contributed by atoms with Crippen molar-refractivity contribution < 1.29 is 4.74 Å². The van der Waals surface area contributed by atoms with Gasteiger partial charge in [-0.2, -0.15) is 0 Å². The van der Waals surface area contributed by atoms with E-state index < -0.39 is 0 Å². The predicted molar refractivity (Wildman–Crippen MR) is 169 cm³/mol. The quantitative estimate of drug-likeness (QED) is 0.191. The summed E-state index contributed by atoms with van der Waals surface area (Å²) in [4.78, 5) is 0. The normalized spacial score (nSPS) is 16.5. The largest absolute Gasteiger partial charge is 0.488 e. The van der Waals surface area contributed by atoms with Crippen molar-refractivity contribution in [1.82, 2.24) is 0 Å². The number of fused-ring (bicyclic) bond motifs is 2. The van der Waals surface area contributed by atoms with Gasteiger partial charge < -0.3 is 4.74 Å². The van der Waals surface area contributed by atoms with Gasteiger partial charge in [-0.25, -0.2) is 0 Å². The van der Waals surface area contributed by atoms with Gasteiger partial charge >= 0.3 is 0 Å². The van der Waals surface area contributed by atoms with Crippen molar-refractivity contribution in [3.05, 3.63) is 109 Å². The van der Waals surface area contributed by atoms with Crippen molar-refractivity contribution in [1.29, 1.82) is 0 Å². The van der Waals surface area contributed by atoms with Crippen LogP contribution in [0.1, 0.15) is 56.9 Å². The number of rotatable bonds is 7. The van der Waals surface area contributed by atoms with Crippen LogP contribution < -0.4 is 10.0 Å². The fraction of sp³-hybridized carbons (Fsp3) is 0.297. The third-order valence-corrected chi connectivity index (χ3v) is 12.5. The maximum atomic E-state index is 6.73. The first-order chi connectivity index (χ1) is 19.4. The van der Waals surface area contributed by atoms with E-state index in [4.69, 9.17) is 4.74 Å². The minimum Gasteiger partial charge on any atom is -0.488 e. The summed E-state index contributed by atoms with van der Waals surface area (Å²) in [7, 11) is -0.252. The molecule has 1 nitrogen and oxygen atoms in total. The molecule has 2 aliphatic carbocycles. The van der Waals surface area contributed by atoms with E-state index in [0.717, 1.165) is 17.1 Å². The summed E-state index contributed by atoms with van der Waals surface area (Å²) in [6.07, 6.45) is 11.2. The second-order valence-corrected chi connectivity index (χ2v) is 14.2. The van der Waals surface area contributed by atoms with Gasteiger partial charge in [0.25, 0.3) is 0 Å². The Morgan fingerprint density at radius 2 is 1.08 bits per heavy atom. The number of hydrogen-bond acceptors (Lipinski definition) is 1. The van der Waals surface area contributed by atoms with Crippen LogP contribution in [0, 0.1) is 0 Å². The molecule has 0 atom stereocenters. The lowest BCUT2D eigenvalue weighted by Crippen LogP contribution is -2.21. The zero-order valence-electron chi connectivity index (χ0n) is 22.7. The molecular formula is C37H37OP. The molecule has 0 bridgehead atoms. The van der Waals surface area contributed by atoms with Gasteiger partial charge in [0.2, 0.25) is 0 Å². The Labute approximate surface area is 234 Å². The summed E-state index contributed by atoms with van der Waals surface area (Å²) in [6.45, 7) is 0.576. The minimum atomic E-state index is -0.252. The van der Waals surface area contributed by atoms with Crippen molar-refractivity contribution in [2.24, 2.45) is 0 Å². The first-order valence-corrected chi connectivity index (χ1v) is 16.3. The summed E-state index contributed by atoms with van der Waals surface area (Å²) >= 11 is 0. The molecule has 5 aromatic rings. The molecule has 0 spiro atoms. The van der Waals surface area contributed by atoms with Crippen LogP contribution in [0.4, 0.5) is 0 Å². The van der Waals surface area contributed by atoms with E-state index in [2.05, 4.69) is 103 Å². The van der Waals surface area contributed by atoms with Crippen LogP contribution in [0.5, 0.6) is 5.75 Å². The summed E-state index contributed by atoms with van der Waals surface area (Å²) in [5, 5.41) is 6.91. The Morgan fingerprint density at radius 1 is 0.538 bits per heavy atom. The first-order valence-electron chi connectivity index (χ1n) is 14.9. The Morgan fingerprint density at radius 3 is 1.72 bits per heavy atom. The third kappa shape index (κ3) is 4.87. The molecule has 196 valence electrons. The van der Waals surface area contributed by atoms with Crippen molar-refractivity contribution in [2.45, 2.75) is 69.3 Å². The van der Waals surface area contributed by atoms with E-state index >= 15 is 0 Å². The second kappa shape index (κ2) is 11.1. The molecule has 2 heteroatoms. The highest BCUT2D eigenvalue weighted by atomic mass is 31.1. The summed E-state index contributed by atoms with van der Waals surface area (Å²) in [5.41, 5.74) is 5.64. The lowest BCUT2D eigenvalue weighted by molar-refractivity contribution is 0.308. The molecule has 0 radical (unpaired) electrons. The topological polar surface area (TPSA) is 9.23 Å². The molecule has 0 unspecified atom stereocenters. The minimum absolute atomic E-state index is 0.252. The van der Waals surface area contributed by atoms with E-state index in [-0.39, 0.29) is 7.92 Å². The lowest BCUT2D eigenvalue weighted by Gasteiger charge is -2.33. The maximum Gasteiger partial charge on any atom is 0.128 e. The zero-order valence-corrected chi connectivity index (χ0v) is 23.6. The number of ether oxygens (including phenoxy) is 1. The van der Waals surface area contributed by atoms with E-state index in [1.54, 1.807) is 5.30 Å². The Balaban J connectivity index is 1.48. The molecular weight excluding hydrogens is 491 g/mol. The molecule has 5 aromatic carbocycles. The summed E-state index contributed by atoms with van der Waals surface area (Å²) < 4.78 is 6.73. The van der Waals surface area contributed by atoms with Crippen molar-refractivity contribution in [2.75, 3.05) is 0 Å². The highest BCUT2D eigenvalue weighted by Crippen LogP contribution is 2.58. The standard InChI is InChI=1S/C37H37OP/c1-2-12-27(13-3-1)26-38-34-24-22-28-14-4-10-20-32(28)36(34)37-33-21-11-5-15-29(33)23-25-35(37)39(30-16-6-7-17-30)31-18-8-9-19-31/h1-5,10-15,20-25,30-31H,6-9,16-19,26H2. The highest BCUT2D eigenvalue weighted by Gasteiger charge is 2.36. The van der Waals surface area contributed by atoms with Crippen LogP contribution in [-0.4, -0.2) is 11.3 Å². The summed E-state index contributed by atoms with van der Waals surface area (Å²) in [5.74, 6) is 1.00. The van der Waals surface area contributed by atoms with Crippen LogP contribution in [0.3, 0.4) is 0 Å². The van der Waals surface area contributed by atoms with Crippen molar-refractivity contribution in [3.8, 4) is 16.9 Å². The van der Waals surface area contributed by atoms with Crippen LogP contribution in [0.15, 0.2) is 103 Å². The van der Waals surface area contributed by atoms with Gasteiger partial charge in [-0.3, -0.25) is 0 Å². The average Bonchev–Trinajstić information content (AvgIpc) is 3.72. The van der Waals surface area contributed by atoms with Crippen LogP contribution in [-0.2, 0) is 6.61 Å².